The molecule has 0 bridgehead atoms. The number of amides is 1. The lowest BCUT2D eigenvalue weighted by molar-refractivity contribution is -0.140. The predicted molar refractivity (Wildman–Crippen MR) is 76.9 cm³/mol. The molecule has 0 spiro atoms. The molecule has 21 heavy (non-hydrogen) atoms. The maximum Gasteiger partial charge on any atom is 0.326 e. The molecule has 1 aromatic carbocycles. The van der Waals surface area contributed by atoms with Gasteiger partial charge in [-0.3, -0.25) is 4.79 Å². The normalized spacial score (nSPS) is 12.6. The molecule has 1 atom stereocenters. The van der Waals surface area contributed by atoms with Crippen LogP contribution in [0, 0.1) is 5.92 Å². The van der Waals surface area contributed by atoms with E-state index in [0.29, 0.717) is 17.6 Å². The maximum absolute atomic E-state index is 12.2. The van der Waals surface area contributed by atoms with E-state index in [2.05, 4.69) is 15.6 Å². The van der Waals surface area contributed by atoms with Gasteiger partial charge < -0.3 is 10.4 Å². The quantitative estimate of drug-likeness (QED) is 0.864. The van der Waals surface area contributed by atoms with E-state index in [0.717, 1.165) is 5.52 Å². The molecule has 112 valence electrons. The summed E-state index contributed by atoms with van der Waals surface area (Å²) in [5, 5.41) is 19.6. The van der Waals surface area contributed by atoms with Crippen molar-refractivity contribution in [2.45, 2.75) is 33.4 Å². The third kappa shape index (κ3) is 3.01. The molecule has 7 nitrogen and oxygen atoms in total. The number of benzene rings is 1. The Morgan fingerprint density at radius 2 is 2.10 bits per heavy atom. The number of aliphatic carboxylic acids is 1. The van der Waals surface area contributed by atoms with Crippen LogP contribution in [-0.4, -0.2) is 38.0 Å². The zero-order valence-corrected chi connectivity index (χ0v) is 12.2. The number of nitrogens with one attached hydrogen (secondary N) is 1. The topological polar surface area (TPSA) is 97.1 Å². The number of aryl methyl sites for hydroxylation is 1. The first kappa shape index (κ1) is 15.0. The lowest BCUT2D eigenvalue weighted by atomic mass is 10.0. The van der Waals surface area contributed by atoms with Crippen LogP contribution in [0.1, 0.15) is 31.1 Å². The van der Waals surface area contributed by atoms with Gasteiger partial charge in [0.1, 0.15) is 11.6 Å². The highest BCUT2D eigenvalue weighted by Crippen LogP contribution is 2.14. The molecule has 0 saturated heterocycles. The van der Waals surface area contributed by atoms with Gasteiger partial charge in [0.15, 0.2) is 0 Å². The average molecular weight is 290 g/mol. The van der Waals surface area contributed by atoms with E-state index in [9.17, 15) is 9.59 Å². The fourth-order valence-corrected chi connectivity index (χ4v) is 2.09. The highest BCUT2D eigenvalue weighted by atomic mass is 16.4. The van der Waals surface area contributed by atoms with Crippen LogP contribution < -0.4 is 5.32 Å². The van der Waals surface area contributed by atoms with Crippen molar-refractivity contribution in [3.63, 3.8) is 0 Å². The van der Waals surface area contributed by atoms with Crippen molar-refractivity contribution >= 4 is 22.9 Å². The lowest BCUT2D eigenvalue weighted by Gasteiger charge is -2.17. The van der Waals surface area contributed by atoms with E-state index >= 15 is 0 Å². The van der Waals surface area contributed by atoms with E-state index in [-0.39, 0.29) is 5.92 Å². The molecule has 1 aromatic heterocycles. The van der Waals surface area contributed by atoms with Crippen LogP contribution in [0.5, 0.6) is 0 Å². The Hall–Kier alpha value is -2.44. The molecule has 0 saturated carbocycles. The number of fused-ring (bicyclic) bond motifs is 1. The highest BCUT2D eigenvalue weighted by molar-refractivity contribution is 5.99. The molecule has 0 fully saturated rings. The van der Waals surface area contributed by atoms with Gasteiger partial charge in [0.2, 0.25) is 0 Å². The number of hydrogen-bond acceptors (Lipinski definition) is 4. The fraction of sp³-hybridized carbons (Fsp3) is 0.429. The molecule has 1 heterocycles. The Labute approximate surface area is 121 Å². The monoisotopic (exact) mass is 290 g/mol. The SMILES string of the molecule is CCn1nnc2cc(C(=O)N[C@H](C(=O)O)C(C)C)ccc21. The van der Waals surface area contributed by atoms with Crippen LogP contribution in [0.3, 0.4) is 0 Å². The van der Waals surface area contributed by atoms with E-state index in [4.69, 9.17) is 5.11 Å². The van der Waals surface area contributed by atoms with Crippen molar-refractivity contribution in [1.29, 1.82) is 0 Å². The van der Waals surface area contributed by atoms with Gasteiger partial charge in [0.25, 0.3) is 5.91 Å². The molecule has 0 unspecified atom stereocenters. The molecule has 0 aliphatic heterocycles. The molecule has 2 N–H and O–H groups in total. The van der Waals surface area contributed by atoms with E-state index in [1.165, 1.54) is 0 Å². The van der Waals surface area contributed by atoms with Crippen LogP contribution in [0.2, 0.25) is 0 Å². The number of rotatable bonds is 5. The van der Waals surface area contributed by atoms with Crippen molar-refractivity contribution in [2.75, 3.05) is 0 Å². The highest BCUT2D eigenvalue weighted by Gasteiger charge is 2.24. The second kappa shape index (κ2) is 5.90. The van der Waals surface area contributed by atoms with Gasteiger partial charge in [0, 0.05) is 12.1 Å². The van der Waals surface area contributed by atoms with Crippen LogP contribution in [0.25, 0.3) is 11.0 Å². The van der Waals surface area contributed by atoms with Gasteiger partial charge >= 0.3 is 5.97 Å². The fourth-order valence-electron chi connectivity index (χ4n) is 2.09. The summed E-state index contributed by atoms with van der Waals surface area (Å²) in [5.41, 5.74) is 1.83. The van der Waals surface area contributed by atoms with E-state index in [1.54, 1.807) is 36.7 Å². The maximum atomic E-state index is 12.2. The van der Waals surface area contributed by atoms with Crippen molar-refractivity contribution in [1.82, 2.24) is 20.3 Å². The largest absolute Gasteiger partial charge is 0.480 e. The van der Waals surface area contributed by atoms with Crippen molar-refractivity contribution in [3.8, 4) is 0 Å². The molecular formula is C14H18N4O3. The summed E-state index contributed by atoms with van der Waals surface area (Å²) in [5.74, 6) is -1.67. The molecule has 7 heteroatoms. The zero-order chi connectivity index (χ0) is 15.6. The minimum Gasteiger partial charge on any atom is -0.480 e. The van der Waals surface area contributed by atoms with Crippen LogP contribution in [0.4, 0.5) is 0 Å². The number of hydrogen-bond donors (Lipinski definition) is 2. The number of carboxylic acids is 1. The standard InChI is InChI=1S/C14H18N4O3/c1-4-18-11-6-5-9(7-10(11)16-17-18)13(19)15-12(8(2)3)14(20)21/h5-8,12H,4H2,1-3H3,(H,15,19)(H,20,21)/t12-/m0/s1. The summed E-state index contributed by atoms with van der Waals surface area (Å²) < 4.78 is 1.73. The van der Waals surface area contributed by atoms with Crippen LogP contribution >= 0.6 is 0 Å². The molecule has 0 aliphatic carbocycles. The number of carbonyl (C=O) groups excluding carboxylic acids is 1. The van der Waals surface area contributed by atoms with Gasteiger partial charge in [-0.15, -0.1) is 5.10 Å². The third-order valence-corrected chi connectivity index (χ3v) is 3.29. The smallest absolute Gasteiger partial charge is 0.326 e. The molecule has 0 radical (unpaired) electrons. The van der Waals surface area contributed by atoms with Crippen molar-refractivity contribution in [3.05, 3.63) is 23.8 Å². The Morgan fingerprint density at radius 1 is 1.38 bits per heavy atom. The molecule has 1 amide bonds. The summed E-state index contributed by atoms with van der Waals surface area (Å²) in [6.45, 7) is 6.13. The van der Waals surface area contributed by atoms with Crippen molar-refractivity contribution in [2.24, 2.45) is 5.92 Å². The van der Waals surface area contributed by atoms with Gasteiger partial charge in [-0.25, -0.2) is 9.48 Å². The summed E-state index contributed by atoms with van der Waals surface area (Å²) in [4.78, 5) is 23.3. The van der Waals surface area contributed by atoms with Crippen LogP contribution in [0.15, 0.2) is 18.2 Å². The number of nitrogens with zero attached hydrogens (tertiary/aromatic N) is 3. The van der Waals surface area contributed by atoms with Crippen LogP contribution in [-0.2, 0) is 11.3 Å². The van der Waals surface area contributed by atoms with E-state index < -0.39 is 17.9 Å². The Morgan fingerprint density at radius 3 is 2.67 bits per heavy atom. The Kier molecular flexibility index (Phi) is 4.21. The van der Waals surface area contributed by atoms with Gasteiger partial charge in [-0.1, -0.05) is 19.1 Å². The second-order valence-corrected chi connectivity index (χ2v) is 5.14. The minimum absolute atomic E-state index is 0.198. The molecular weight excluding hydrogens is 272 g/mol. The summed E-state index contributed by atoms with van der Waals surface area (Å²) in [6.07, 6.45) is 0. The van der Waals surface area contributed by atoms with Crippen molar-refractivity contribution < 1.29 is 14.7 Å². The number of carbonyl (C=O) groups is 2. The number of aromatic nitrogens is 3. The Bertz CT molecular complexity index is 678. The first-order valence-electron chi connectivity index (χ1n) is 6.81. The minimum atomic E-state index is -1.05. The molecule has 2 aromatic rings. The zero-order valence-electron chi connectivity index (χ0n) is 12.2. The van der Waals surface area contributed by atoms with Gasteiger partial charge in [0.05, 0.1) is 5.52 Å². The van der Waals surface area contributed by atoms with Gasteiger partial charge in [-0.2, -0.15) is 0 Å². The lowest BCUT2D eigenvalue weighted by Crippen LogP contribution is -2.44. The average Bonchev–Trinajstić information content (AvgIpc) is 2.85. The predicted octanol–water partition coefficient (Wildman–Crippen LogP) is 1.29. The molecule has 2 rings (SSSR count). The van der Waals surface area contributed by atoms with E-state index in [1.807, 2.05) is 6.92 Å². The summed E-state index contributed by atoms with van der Waals surface area (Å²) in [6, 6.07) is 4.11. The second-order valence-electron chi connectivity index (χ2n) is 5.14. The van der Waals surface area contributed by atoms with Gasteiger partial charge in [-0.05, 0) is 31.0 Å². The number of carboxylic acid groups (broad SMARTS) is 1. The summed E-state index contributed by atoms with van der Waals surface area (Å²) in [7, 11) is 0. The third-order valence-electron chi connectivity index (χ3n) is 3.29. The first-order valence-corrected chi connectivity index (χ1v) is 6.81. The summed E-state index contributed by atoms with van der Waals surface area (Å²) >= 11 is 0. The Balaban J connectivity index is 2.25. The molecule has 0 aliphatic rings. The first-order chi connectivity index (χ1) is 9.93.